The van der Waals surface area contributed by atoms with Gasteiger partial charge in [-0.2, -0.15) is 0 Å². The maximum absolute atomic E-state index is 13.6. The maximum Gasteiger partial charge on any atom is 0.301 e. The predicted octanol–water partition coefficient (Wildman–Crippen LogP) is 6.21. The quantitative estimate of drug-likeness (QED) is 0.178. The fraction of sp³-hybridized carbons (Fsp3) is 0.258. The second-order valence-electron chi connectivity index (χ2n) is 9.78. The predicted molar refractivity (Wildman–Crippen MR) is 152 cm³/mol. The Morgan fingerprint density at radius 3 is 2.64 bits per heavy atom. The summed E-state index contributed by atoms with van der Waals surface area (Å²) in [7, 11) is 0. The number of hydrogen-bond acceptors (Lipinski definition) is 7. The van der Waals surface area contributed by atoms with Crippen LogP contribution in [0.5, 0.6) is 11.5 Å². The smallest absolute Gasteiger partial charge is 0.301 e. The summed E-state index contributed by atoms with van der Waals surface area (Å²) >= 11 is 1.31. The number of ether oxygens (including phenoxy) is 2. The summed E-state index contributed by atoms with van der Waals surface area (Å²) < 4.78 is 12.3. The number of rotatable bonds is 6. The number of nitrogens with zero attached hydrogens (tertiary/aromatic N) is 2. The van der Waals surface area contributed by atoms with Gasteiger partial charge in [-0.15, -0.1) is 0 Å². The Hall–Kier alpha value is -4.17. The normalized spacial score (nSPS) is 19.9. The molecule has 198 valence electrons. The first kappa shape index (κ1) is 25.1. The Morgan fingerprint density at radius 1 is 1.10 bits per heavy atom. The van der Waals surface area contributed by atoms with E-state index in [2.05, 4.69) is 6.92 Å². The second kappa shape index (κ2) is 9.85. The van der Waals surface area contributed by atoms with Crippen LogP contribution in [-0.4, -0.2) is 34.5 Å². The number of ketones is 1. The molecule has 6 rings (SSSR count). The Kier molecular flexibility index (Phi) is 6.35. The molecule has 8 heteroatoms. The largest absolute Gasteiger partial charge is 0.507 e. The third-order valence-electron chi connectivity index (χ3n) is 7.18. The number of benzene rings is 3. The number of Topliss-reactive ketones (excluding diaryl/α,β-unsaturated/α-hetero) is 1. The molecule has 1 fully saturated rings. The molecule has 1 aromatic heterocycles. The molecule has 0 radical (unpaired) electrons. The summed E-state index contributed by atoms with van der Waals surface area (Å²) in [4.78, 5) is 33.3. The Morgan fingerprint density at radius 2 is 1.90 bits per heavy atom. The Bertz CT molecular complexity index is 1640. The van der Waals surface area contributed by atoms with Crippen LogP contribution in [0.25, 0.3) is 16.0 Å². The summed E-state index contributed by atoms with van der Waals surface area (Å²) in [6.45, 7) is 6.50. The molecule has 2 aliphatic heterocycles. The van der Waals surface area contributed by atoms with Gasteiger partial charge in [-0.3, -0.25) is 14.5 Å². The van der Waals surface area contributed by atoms with Crippen molar-refractivity contribution in [3.8, 4) is 11.5 Å². The van der Waals surface area contributed by atoms with Crippen LogP contribution in [0.3, 0.4) is 0 Å². The molecule has 0 spiro atoms. The molecule has 7 nitrogen and oxygen atoms in total. The fourth-order valence-corrected chi connectivity index (χ4v) is 6.28. The number of aliphatic hydroxyl groups is 1. The molecule has 39 heavy (non-hydrogen) atoms. The van der Waals surface area contributed by atoms with E-state index in [0.717, 1.165) is 33.6 Å². The van der Waals surface area contributed by atoms with Crippen molar-refractivity contribution in [2.24, 2.45) is 0 Å². The van der Waals surface area contributed by atoms with Gasteiger partial charge >= 0.3 is 5.91 Å². The van der Waals surface area contributed by atoms with Crippen molar-refractivity contribution in [3.05, 3.63) is 88.5 Å². The average Bonchev–Trinajstić information content (AvgIpc) is 3.60. The number of carbonyl (C=O) groups excluding carboxylic acids is 2. The first-order valence-electron chi connectivity index (χ1n) is 13.1. The van der Waals surface area contributed by atoms with Gasteiger partial charge in [-0.1, -0.05) is 42.5 Å². The van der Waals surface area contributed by atoms with Crippen LogP contribution in [0.4, 0.5) is 5.13 Å². The SMILES string of the molecule is CCOc1ccc2nc(N3C(=O)C(=O)C(=C(O)c4ccc5c(c4)C[C@@H](C)O5)[C@@H]3c3ccc(CC)cc3)sc2c1. The third kappa shape index (κ3) is 4.34. The van der Waals surface area contributed by atoms with Gasteiger partial charge in [0.1, 0.15) is 23.4 Å². The molecule has 0 bridgehead atoms. The highest BCUT2D eigenvalue weighted by atomic mass is 32.1. The third-order valence-corrected chi connectivity index (χ3v) is 8.20. The highest BCUT2D eigenvalue weighted by Gasteiger charge is 2.48. The van der Waals surface area contributed by atoms with Crippen molar-refractivity contribution in [3.63, 3.8) is 0 Å². The zero-order valence-corrected chi connectivity index (χ0v) is 22.7. The zero-order valence-electron chi connectivity index (χ0n) is 21.9. The molecule has 0 aliphatic carbocycles. The molecule has 1 amide bonds. The summed E-state index contributed by atoms with van der Waals surface area (Å²) in [5, 5.41) is 11.9. The van der Waals surface area contributed by atoms with Gasteiger partial charge in [0.05, 0.1) is 28.4 Å². The van der Waals surface area contributed by atoms with E-state index < -0.39 is 17.7 Å². The van der Waals surface area contributed by atoms with Crippen LogP contribution in [0, 0.1) is 0 Å². The van der Waals surface area contributed by atoms with Crippen molar-refractivity contribution in [2.45, 2.75) is 45.8 Å². The summed E-state index contributed by atoms with van der Waals surface area (Å²) in [6, 6.07) is 17.9. The van der Waals surface area contributed by atoms with Crippen LogP contribution in [0.1, 0.15) is 49.1 Å². The van der Waals surface area contributed by atoms with E-state index in [0.29, 0.717) is 35.0 Å². The lowest BCUT2D eigenvalue weighted by molar-refractivity contribution is -0.132. The van der Waals surface area contributed by atoms with E-state index in [4.69, 9.17) is 14.5 Å². The van der Waals surface area contributed by atoms with Crippen LogP contribution >= 0.6 is 11.3 Å². The highest BCUT2D eigenvalue weighted by Crippen LogP contribution is 2.45. The number of thiazole rings is 1. The van der Waals surface area contributed by atoms with Crippen molar-refractivity contribution in [1.29, 1.82) is 0 Å². The molecule has 0 unspecified atom stereocenters. The van der Waals surface area contributed by atoms with Gasteiger partial charge < -0.3 is 14.6 Å². The summed E-state index contributed by atoms with van der Waals surface area (Å²) in [5.74, 6) is -0.182. The molecule has 2 atom stereocenters. The Balaban J connectivity index is 1.50. The molecular weight excluding hydrogens is 512 g/mol. The molecule has 3 aromatic carbocycles. The van der Waals surface area contributed by atoms with E-state index >= 15 is 0 Å². The monoisotopic (exact) mass is 540 g/mol. The molecule has 4 aromatic rings. The van der Waals surface area contributed by atoms with Gasteiger partial charge in [0, 0.05) is 12.0 Å². The number of aromatic nitrogens is 1. The first-order valence-corrected chi connectivity index (χ1v) is 13.9. The minimum Gasteiger partial charge on any atom is -0.507 e. The van der Waals surface area contributed by atoms with Gasteiger partial charge in [-0.25, -0.2) is 4.98 Å². The fourth-order valence-electron chi connectivity index (χ4n) is 5.26. The number of aryl methyl sites for hydroxylation is 1. The molecule has 1 N–H and O–H groups in total. The number of aliphatic hydroxyl groups excluding tert-OH is 1. The lowest BCUT2D eigenvalue weighted by Gasteiger charge is -2.23. The summed E-state index contributed by atoms with van der Waals surface area (Å²) in [5.41, 5.74) is 4.04. The van der Waals surface area contributed by atoms with Crippen molar-refractivity contribution < 1.29 is 24.2 Å². The standard InChI is InChI=1S/C31H28N2O5S/c1-4-18-6-8-19(9-7-18)27-26(28(34)20-10-13-24-21(15-20)14-17(3)38-24)29(35)30(36)33(27)31-32-23-12-11-22(37-5-2)16-25(23)39-31/h6-13,15-17,27,34H,4-5,14H2,1-3H3/t17-,27+/m1/s1. The maximum atomic E-state index is 13.6. The molecule has 2 aliphatic rings. The van der Waals surface area contributed by atoms with E-state index in [1.54, 1.807) is 12.1 Å². The Labute approximate surface area is 230 Å². The van der Waals surface area contributed by atoms with E-state index in [1.165, 1.54) is 16.2 Å². The minimum atomic E-state index is -0.828. The van der Waals surface area contributed by atoms with E-state index in [1.807, 2.05) is 62.4 Å². The van der Waals surface area contributed by atoms with Gasteiger partial charge in [0.2, 0.25) is 0 Å². The molecule has 3 heterocycles. The number of carbonyl (C=O) groups is 2. The average molecular weight is 541 g/mol. The first-order chi connectivity index (χ1) is 18.9. The van der Waals surface area contributed by atoms with Gasteiger partial charge in [-0.05, 0) is 73.4 Å². The minimum absolute atomic E-state index is 0.0438. The topological polar surface area (TPSA) is 89.0 Å². The van der Waals surface area contributed by atoms with Crippen molar-refractivity contribution in [1.82, 2.24) is 4.98 Å². The van der Waals surface area contributed by atoms with Crippen molar-refractivity contribution >= 4 is 44.1 Å². The lowest BCUT2D eigenvalue weighted by Crippen LogP contribution is -2.29. The second-order valence-corrected chi connectivity index (χ2v) is 10.8. The van der Waals surface area contributed by atoms with Crippen LogP contribution < -0.4 is 14.4 Å². The summed E-state index contributed by atoms with van der Waals surface area (Å²) in [6.07, 6.45) is 1.61. The molecular formula is C31H28N2O5S. The number of anilines is 1. The zero-order chi connectivity index (χ0) is 27.3. The van der Waals surface area contributed by atoms with Gasteiger partial charge in [0.25, 0.3) is 5.78 Å². The van der Waals surface area contributed by atoms with Gasteiger partial charge in [0.15, 0.2) is 5.13 Å². The van der Waals surface area contributed by atoms with E-state index in [-0.39, 0.29) is 17.4 Å². The number of fused-ring (bicyclic) bond motifs is 2. The van der Waals surface area contributed by atoms with Crippen LogP contribution in [-0.2, 0) is 22.4 Å². The lowest BCUT2D eigenvalue weighted by atomic mass is 9.94. The molecule has 0 saturated carbocycles. The van der Waals surface area contributed by atoms with Crippen LogP contribution in [0.2, 0.25) is 0 Å². The number of hydrogen-bond donors (Lipinski definition) is 1. The highest BCUT2D eigenvalue weighted by molar-refractivity contribution is 7.22. The van der Waals surface area contributed by atoms with E-state index in [9.17, 15) is 14.7 Å². The number of amides is 1. The molecule has 1 saturated heterocycles. The van der Waals surface area contributed by atoms with Crippen molar-refractivity contribution in [2.75, 3.05) is 11.5 Å². The van der Waals surface area contributed by atoms with Crippen LogP contribution in [0.15, 0.2) is 66.2 Å².